The standard InChI is InChI=1S/C23H33N5O/c1-2-24-23(26-15-5-6-19-8-10-22(29)11-9-19)27-20-12-16-28(17-13-20)18-21-7-3-4-14-25-21/h3-4,7-11,14,20,29H,2,5-6,12-13,15-18H2,1H3,(H2,24,26,27). The molecule has 1 aliphatic heterocycles. The summed E-state index contributed by atoms with van der Waals surface area (Å²) in [7, 11) is 0. The fraction of sp³-hybridized carbons (Fsp3) is 0.478. The van der Waals surface area contributed by atoms with E-state index < -0.39 is 0 Å². The van der Waals surface area contributed by atoms with E-state index >= 15 is 0 Å². The number of aromatic hydroxyl groups is 1. The molecule has 3 N–H and O–H groups in total. The molecule has 0 aliphatic carbocycles. The lowest BCUT2D eigenvalue weighted by molar-refractivity contribution is 0.196. The number of hydrogen-bond acceptors (Lipinski definition) is 4. The molecule has 0 unspecified atom stereocenters. The Labute approximate surface area is 174 Å². The number of nitrogens with one attached hydrogen (secondary N) is 2. The van der Waals surface area contributed by atoms with Crippen LogP contribution in [0.15, 0.2) is 53.7 Å². The molecule has 2 aromatic rings. The number of pyridine rings is 1. The second-order valence-electron chi connectivity index (χ2n) is 7.55. The molecule has 6 heteroatoms. The fourth-order valence-electron chi connectivity index (χ4n) is 3.61. The van der Waals surface area contributed by atoms with E-state index in [-0.39, 0.29) is 0 Å². The molecule has 1 fully saturated rings. The van der Waals surface area contributed by atoms with Gasteiger partial charge in [0.25, 0.3) is 0 Å². The monoisotopic (exact) mass is 395 g/mol. The van der Waals surface area contributed by atoms with Crippen molar-refractivity contribution in [3.8, 4) is 5.75 Å². The van der Waals surface area contributed by atoms with Crippen molar-refractivity contribution in [2.75, 3.05) is 26.2 Å². The number of guanidine groups is 1. The van der Waals surface area contributed by atoms with Gasteiger partial charge in [-0.15, -0.1) is 0 Å². The van der Waals surface area contributed by atoms with Crippen molar-refractivity contribution >= 4 is 5.96 Å². The summed E-state index contributed by atoms with van der Waals surface area (Å²) in [6, 6.07) is 14.0. The SMILES string of the molecule is CCNC(=NCCCc1ccc(O)cc1)NC1CCN(Cc2ccccn2)CC1. The van der Waals surface area contributed by atoms with Crippen LogP contribution in [0.3, 0.4) is 0 Å². The first kappa shape index (κ1) is 21.1. The van der Waals surface area contributed by atoms with Crippen LogP contribution in [0.2, 0.25) is 0 Å². The lowest BCUT2D eigenvalue weighted by atomic mass is 10.0. The highest BCUT2D eigenvalue weighted by Gasteiger charge is 2.20. The number of aliphatic imine (C=N–C) groups is 1. The number of phenolic OH excluding ortho intramolecular Hbond substituents is 1. The van der Waals surface area contributed by atoms with Gasteiger partial charge in [0.2, 0.25) is 0 Å². The maximum absolute atomic E-state index is 9.36. The maximum Gasteiger partial charge on any atom is 0.191 e. The normalized spacial score (nSPS) is 16.0. The number of hydrogen-bond donors (Lipinski definition) is 3. The smallest absolute Gasteiger partial charge is 0.191 e. The molecule has 1 aromatic heterocycles. The molecule has 0 atom stereocenters. The minimum absolute atomic E-state index is 0.316. The van der Waals surface area contributed by atoms with Crippen LogP contribution in [0, 0.1) is 0 Å². The molecule has 29 heavy (non-hydrogen) atoms. The number of piperidine rings is 1. The van der Waals surface area contributed by atoms with E-state index in [0.29, 0.717) is 11.8 Å². The van der Waals surface area contributed by atoms with Crippen molar-refractivity contribution in [2.45, 2.75) is 45.2 Å². The van der Waals surface area contributed by atoms with Gasteiger partial charge in [0, 0.05) is 45.0 Å². The van der Waals surface area contributed by atoms with E-state index in [1.165, 1.54) is 5.56 Å². The van der Waals surface area contributed by atoms with Crippen LogP contribution in [0.5, 0.6) is 5.75 Å². The van der Waals surface area contributed by atoms with Gasteiger partial charge in [-0.3, -0.25) is 14.9 Å². The number of aryl methyl sites for hydroxylation is 1. The number of rotatable bonds is 8. The zero-order valence-corrected chi connectivity index (χ0v) is 17.3. The lowest BCUT2D eigenvalue weighted by Gasteiger charge is -2.32. The Balaban J connectivity index is 1.40. The summed E-state index contributed by atoms with van der Waals surface area (Å²) in [5.41, 5.74) is 2.37. The highest BCUT2D eigenvalue weighted by atomic mass is 16.3. The van der Waals surface area contributed by atoms with E-state index in [0.717, 1.165) is 70.1 Å². The van der Waals surface area contributed by atoms with Crippen LogP contribution in [-0.4, -0.2) is 53.2 Å². The summed E-state index contributed by atoms with van der Waals surface area (Å²) in [6.07, 6.45) is 6.05. The van der Waals surface area contributed by atoms with Crippen molar-refractivity contribution in [2.24, 2.45) is 4.99 Å². The van der Waals surface area contributed by atoms with E-state index in [4.69, 9.17) is 4.99 Å². The Bertz CT molecular complexity index is 740. The number of aromatic nitrogens is 1. The first-order valence-corrected chi connectivity index (χ1v) is 10.7. The van der Waals surface area contributed by atoms with Crippen LogP contribution in [0.25, 0.3) is 0 Å². The zero-order chi connectivity index (χ0) is 20.3. The molecule has 0 spiro atoms. The van der Waals surface area contributed by atoms with Gasteiger partial charge in [0.1, 0.15) is 5.75 Å². The maximum atomic E-state index is 9.36. The van der Waals surface area contributed by atoms with E-state index in [2.05, 4.69) is 39.6 Å². The summed E-state index contributed by atoms with van der Waals surface area (Å²) in [6.45, 7) is 6.84. The van der Waals surface area contributed by atoms with Crippen molar-refractivity contribution < 1.29 is 5.11 Å². The van der Waals surface area contributed by atoms with Crippen LogP contribution >= 0.6 is 0 Å². The molecule has 156 valence electrons. The highest BCUT2D eigenvalue weighted by molar-refractivity contribution is 5.80. The largest absolute Gasteiger partial charge is 0.508 e. The Morgan fingerprint density at radius 1 is 1.17 bits per heavy atom. The molecule has 1 saturated heterocycles. The predicted octanol–water partition coefficient (Wildman–Crippen LogP) is 2.94. The van der Waals surface area contributed by atoms with E-state index in [1.54, 1.807) is 12.1 Å². The quantitative estimate of drug-likeness (QED) is 0.364. The Hall–Kier alpha value is -2.60. The second kappa shape index (κ2) is 11.4. The van der Waals surface area contributed by atoms with Gasteiger partial charge in [0.05, 0.1) is 5.69 Å². The van der Waals surface area contributed by atoms with Gasteiger partial charge in [-0.05, 0) is 62.4 Å². The molecule has 6 nitrogen and oxygen atoms in total. The summed E-state index contributed by atoms with van der Waals surface area (Å²) >= 11 is 0. The average Bonchev–Trinajstić information content (AvgIpc) is 2.75. The van der Waals surface area contributed by atoms with Crippen molar-refractivity contribution in [3.05, 3.63) is 59.9 Å². The number of nitrogens with zero attached hydrogens (tertiary/aromatic N) is 3. The van der Waals surface area contributed by atoms with Gasteiger partial charge in [-0.2, -0.15) is 0 Å². The van der Waals surface area contributed by atoms with Crippen LogP contribution < -0.4 is 10.6 Å². The van der Waals surface area contributed by atoms with Gasteiger partial charge in [0.15, 0.2) is 5.96 Å². The van der Waals surface area contributed by atoms with Crippen molar-refractivity contribution in [1.82, 2.24) is 20.5 Å². The Kier molecular flexibility index (Phi) is 8.31. The molecule has 1 aliphatic rings. The van der Waals surface area contributed by atoms with Crippen molar-refractivity contribution in [3.63, 3.8) is 0 Å². The minimum atomic E-state index is 0.316. The molecule has 1 aromatic carbocycles. The van der Waals surface area contributed by atoms with Gasteiger partial charge >= 0.3 is 0 Å². The van der Waals surface area contributed by atoms with Crippen molar-refractivity contribution in [1.29, 1.82) is 0 Å². The molecule has 0 bridgehead atoms. The lowest BCUT2D eigenvalue weighted by Crippen LogP contribution is -2.48. The Morgan fingerprint density at radius 2 is 1.97 bits per heavy atom. The number of likely N-dealkylation sites (tertiary alicyclic amines) is 1. The topological polar surface area (TPSA) is 72.8 Å². The molecular formula is C23H33N5O. The third kappa shape index (κ3) is 7.38. The fourth-order valence-corrected chi connectivity index (χ4v) is 3.61. The minimum Gasteiger partial charge on any atom is -0.508 e. The average molecular weight is 396 g/mol. The molecule has 0 amide bonds. The first-order chi connectivity index (χ1) is 14.2. The summed E-state index contributed by atoms with van der Waals surface area (Å²) < 4.78 is 0. The third-order valence-electron chi connectivity index (χ3n) is 5.21. The highest BCUT2D eigenvalue weighted by Crippen LogP contribution is 2.13. The summed E-state index contributed by atoms with van der Waals surface area (Å²) in [5, 5.41) is 16.3. The first-order valence-electron chi connectivity index (χ1n) is 10.7. The molecule has 0 saturated carbocycles. The molecule has 2 heterocycles. The molecule has 0 radical (unpaired) electrons. The Morgan fingerprint density at radius 3 is 2.66 bits per heavy atom. The van der Waals surface area contributed by atoms with E-state index in [1.807, 2.05) is 24.4 Å². The van der Waals surface area contributed by atoms with Gasteiger partial charge in [-0.1, -0.05) is 18.2 Å². The molecule has 3 rings (SSSR count). The van der Waals surface area contributed by atoms with Gasteiger partial charge in [-0.25, -0.2) is 0 Å². The van der Waals surface area contributed by atoms with Crippen LogP contribution in [0.4, 0.5) is 0 Å². The van der Waals surface area contributed by atoms with Gasteiger partial charge < -0.3 is 15.7 Å². The third-order valence-corrected chi connectivity index (χ3v) is 5.21. The zero-order valence-electron chi connectivity index (χ0n) is 17.3. The van der Waals surface area contributed by atoms with E-state index in [9.17, 15) is 5.11 Å². The number of benzene rings is 1. The summed E-state index contributed by atoms with van der Waals surface area (Å²) in [4.78, 5) is 11.7. The number of phenols is 1. The summed E-state index contributed by atoms with van der Waals surface area (Å²) in [5.74, 6) is 1.23. The second-order valence-corrected chi connectivity index (χ2v) is 7.55. The van der Waals surface area contributed by atoms with Crippen LogP contribution in [0.1, 0.15) is 37.4 Å². The van der Waals surface area contributed by atoms with Crippen LogP contribution in [-0.2, 0) is 13.0 Å². The predicted molar refractivity (Wildman–Crippen MR) is 118 cm³/mol. The molecular weight excluding hydrogens is 362 g/mol.